The van der Waals surface area contributed by atoms with Crippen molar-refractivity contribution in [3.8, 4) is 17.4 Å². The van der Waals surface area contributed by atoms with Gasteiger partial charge in [0, 0.05) is 11.8 Å². The molecule has 3 rings (SSSR count). The first-order valence-electron chi connectivity index (χ1n) is 7.79. The third kappa shape index (κ3) is 3.76. The molecule has 2 heterocycles. The normalized spacial score (nSPS) is 14.0. The van der Waals surface area contributed by atoms with Gasteiger partial charge < -0.3 is 19.1 Å². The second kappa shape index (κ2) is 7.21. The third-order valence-electron chi connectivity index (χ3n) is 3.77. The first-order chi connectivity index (χ1) is 11.7. The van der Waals surface area contributed by atoms with Gasteiger partial charge in [0.1, 0.15) is 6.10 Å². The lowest BCUT2D eigenvalue weighted by Gasteiger charge is -2.38. The Morgan fingerprint density at radius 2 is 1.92 bits per heavy atom. The lowest BCUT2D eigenvalue weighted by atomic mass is 10.1. The molecule has 1 aromatic heterocycles. The molecular formula is C18H20N2O4. The number of methoxy groups -OCH3 is 1. The van der Waals surface area contributed by atoms with Crippen molar-refractivity contribution in [1.82, 2.24) is 9.88 Å². The van der Waals surface area contributed by atoms with Gasteiger partial charge in [-0.05, 0) is 25.1 Å². The molecule has 0 N–H and O–H groups in total. The summed E-state index contributed by atoms with van der Waals surface area (Å²) in [5.74, 6) is 1.70. The fraction of sp³-hybridized carbons (Fsp3) is 0.333. The number of pyridine rings is 1. The minimum absolute atomic E-state index is 0.0181. The SMILES string of the molecule is COc1ccccc1OCC(=O)N1CC(Oc2cccc(C)n2)C1. The molecule has 126 valence electrons. The fourth-order valence-electron chi connectivity index (χ4n) is 2.44. The molecule has 0 bridgehead atoms. The summed E-state index contributed by atoms with van der Waals surface area (Å²) in [4.78, 5) is 18.1. The number of carbonyl (C=O) groups excluding carboxylic acids is 1. The second-order valence-corrected chi connectivity index (χ2v) is 5.60. The van der Waals surface area contributed by atoms with Crippen LogP contribution >= 0.6 is 0 Å². The Morgan fingerprint density at radius 1 is 1.17 bits per heavy atom. The molecule has 1 aliphatic heterocycles. The average molecular weight is 328 g/mol. The summed E-state index contributed by atoms with van der Waals surface area (Å²) in [6.07, 6.45) is -0.0190. The first-order valence-corrected chi connectivity index (χ1v) is 7.79. The topological polar surface area (TPSA) is 60.9 Å². The molecule has 0 saturated carbocycles. The Labute approximate surface area is 141 Å². The largest absolute Gasteiger partial charge is 0.493 e. The number of aryl methyl sites for hydroxylation is 1. The molecule has 6 nitrogen and oxygen atoms in total. The van der Waals surface area contributed by atoms with Gasteiger partial charge in [-0.15, -0.1) is 0 Å². The van der Waals surface area contributed by atoms with Crippen LogP contribution in [-0.2, 0) is 4.79 Å². The number of carbonyl (C=O) groups is 1. The van der Waals surface area contributed by atoms with E-state index in [1.807, 2.05) is 37.3 Å². The highest BCUT2D eigenvalue weighted by atomic mass is 16.5. The monoisotopic (exact) mass is 328 g/mol. The van der Waals surface area contributed by atoms with Crippen LogP contribution in [0.5, 0.6) is 17.4 Å². The maximum absolute atomic E-state index is 12.1. The summed E-state index contributed by atoms with van der Waals surface area (Å²) in [6.45, 7) is 2.99. The van der Waals surface area contributed by atoms with E-state index in [-0.39, 0.29) is 18.6 Å². The standard InChI is InChI=1S/C18H20N2O4/c1-13-6-5-9-17(19-13)24-14-10-20(11-14)18(21)12-23-16-8-4-3-7-15(16)22-2/h3-9,14H,10-12H2,1-2H3. The second-order valence-electron chi connectivity index (χ2n) is 5.60. The van der Waals surface area contributed by atoms with Gasteiger partial charge in [-0.25, -0.2) is 4.98 Å². The zero-order valence-corrected chi connectivity index (χ0v) is 13.8. The van der Waals surface area contributed by atoms with Gasteiger partial charge in [0.2, 0.25) is 5.88 Å². The Kier molecular flexibility index (Phi) is 4.84. The molecule has 1 saturated heterocycles. The van der Waals surface area contributed by atoms with Crippen molar-refractivity contribution in [3.63, 3.8) is 0 Å². The molecule has 0 radical (unpaired) electrons. The summed E-state index contributed by atoms with van der Waals surface area (Å²) in [6, 6.07) is 12.9. The minimum Gasteiger partial charge on any atom is -0.493 e. The van der Waals surface area contributed by atoms with Gasteiger partial charge in [-0.1, -0.05) is 18.2 Å². The van der Waals surface area contributed by atoms with E-state index in [0.717, 1.165) is 5.69 Å². The number of hydrogen-bond acceptors (Lipinski definition) is 5. The van der Waals surface area contributed by atoms with Crippen LogP contribution in [0.25, 0.3) is 0 Å². The van der Waals surface area contributed by atoms with E-state index in [1.54, 1.807) is 24.1 Å². The van der Waals surface area contributed by atoms with Crippen molar-refractivity contribution >= 4 is 5.91 Å². The number of likely N-dealkylation sites (tertiary alicyclic amines) is 1. The minimum atomic E-state index is -0.0713. The van der Waals surface area contributed by atoms with Crippen LogP contribution in [0.2, 0.25) is 0 Å². The van der Waals surface area contributed by atoms with Gasteiger partial charge in [0.05, 0.1) is 20.2 Å². The molecule has 0 aliphatic carbocycles. The van der Waals surface area contributed by atoms with E-state index >= 15 is 0 Å². The maximum atomic E-state index is 12.1. The zero-order chi connectivity index (χ0) is 16.9. The number of para-hydroxylation sites is 2. The molecule has 24 heavy (non-hydrogen) atoms. The van der Waals surface area contributed by atoms with Crippen LogP contribution in [0.3, 0.4) is 0 Å². The van der Waals surface area contributed by atoms with Crippen molar-refractivity contribution in [1.29, 1.82) is 0 Å². The van der Waals surface area contributed by atoms with E-state index in [1.165, 1.54) is 0 Å². The summed E-state index contributed by atoms with van der Waals surface area (Å²) in [7, 11) is 1.57. The van der Waals surface area contributed by atoms with Crippen molar-refractivity contribution < 1.29 is 19.0 Å². The maximum Gasteiger partial charge on any atom is 0.260 e. The van der Waals surface area contributed by atoms with Crippen molar-refractivity contribution in [2.24, 2.45) is 0 Å². The molecule has 0 unspecified atom stereocenters. The van der Waals surface area contributed by atoms with E-state index in [2.05, 4.69) is 4.98 Å². The van der Waals surface area contributed by atoms with Crippen molar-refractivity contribution in [3.05, 3.63) is 48.2 Å². The lowest BCUT2D eigenvalue weighted by Crippen LogP contribution is -2.57. The van der Waals surface area contributed by atoms with Crippen LogP contribution in [0.1, 0.15) is 5.69 Å². The van der Waals surface area contributed by atoms with Gasteiger partial charge in [0.25, 0.3) is 5.91 Å². The van der Waals surface area contributed by atoms with Crippen LogP contribution in [0.4, 0.5) is 0 Å². The van der Waals surface area contributed by atoms with Crippen LogP contribution < -0.4 is 14.2 Å². The average Bonchev–Trinajstić information content (AvgIpc) is 2.56. The molecule has 2 aromatic rings. The smallest absolute Gasteiger partial charge is 0.260 e. The van der Waals surface area contributed by atoms with E-state index in [9.17, 15) is 4.79 Å². The fourth-order valence-corrected chi connectivity index (χ4v) is 2.44. The van der Waals surface area contributed by atoms with E-state index in [0.29, 0.717) is 30.5 Å². The molecule has 1 aromatic carbocycles. The van der Waals surface area contributed by atoms with Crippen LogP contribution in [-0.4, -0.2) is 48.7 Å². The van der Waals surface area contributed by atoms with Crippen LogP contribution in [0, 0.1) is 6.92 Å². The summed E-state index contributed by atoms with van der Waals surface area (Å²) < 4.78 is 16.5. The molecule has 1 fully saturated rings. The zero-order valence-electron chi connectivity index (χ0n) is 13.8. The Bertz CT molecular complexity index is 714. The molecule has 1 amide bonds. The number of nitrogens with zero attached hydrogens (tertiary/aromatic N) is 2. The number of aromatic nitrogens is 1. The van der Waals surface area contributed by atoms with E-state index in [4.69, 9.17) is 14.2 Å². The summed E-state index contributed by atoms with van der Waals surface area (Å²) in [5, 5.41) is 0. The molecule has 0 atom stereocenters. The summed E-state index contributed by atoms with van der Waals surface area (Å²) in [5.41, 5.74) is 0.907. The number of hydrogen-bond donors (Lipinski definition) is 0. The highest BCUT2D eigenvalue weighted by molar-refractivity contribution is 5.78. The molecule has 0 spiro atoms. The molecule has 1 aliphatic rings. The quantitative estimate of drug-likeness (QED) is 0.812. The number of benzene rings is 1. The predicted octanol–water partition coefficient (Wildman–Crippen LogP) is 2.07. The molecular weight excluding hydrogens is 308 g/mol. The molecule has 6 heteroatoms. The highest BCUT2D eigenvalue weighted by Crippen LogP contribution is 2.26. The Morgan fingerprint density at radius 3 is 2.62 bits per heavy atom. The highest BCUT2D eigenvalue weighted by Gasteiger charge is 2.32. The van der Waals surface area contributed by atoms with Crippen molar-refractivity contribution in [2.75, 3.05) is 26.8 Å². The Hall–Kier alpha value is -2.76. The van der Waals surface area contributed by atoms with Crippen LogP contribution in [0.15, 0.2) is 42.5 Å². The number of amides is 1. The summed E-state index contributed by atoms with van der Waals surface area (Å²) >= 11 is 0. The van der Waals surface area contributed by atoms with Gasteiger partial charge >= 0.3 is 0 Å². The Balaban J connectivity index is 1.45. The predicted molar refractivity (Wildman–Crippen MR) is 88.5 cm³/mol. The third-order valence-corrected chi connectivity index (χ3v) is 3.77. The lowest BCUT2D eigenvalue weighted by molar-refractivity contribution is -0.142. The van der Waals surface area contributed by atoms with Gasteiger partial charge in [-0.2, -0.15) is 0 Å². The van der Waals surface area contributed by atoms with E-state index < -0.39 is 0 Å². The first kappa shape index (κ1) is 16.1. The van der Waals surface area contributed by atoms with Gasteiger partial charge in [0.15, 0.2) is 18.1 Å². The van der Waals surface area contributed by atoms with Crippen molar-refractivity contribution in [2.45, 2.75) is 13.0 Å². The number of rotatable bonds is 6. The number of ether oxygens (including phenoxy) is 3. The van der Waals surface area contributed by atoms with Gasteiger partial charge in [-0.3, -0.25) is 4.79 Å².